The van der Waals surface area contributed by atoms with Crippen molar-refractivity contribution in [3.8, 4) is 5.75 Å². The number of methoxy groups -OCH3 is 1. The highest BCUT2D eigenvalue weighted by Crippen LogP contribution is 2.25. The molecule has 1 heterocycles. The van der Waals surface area contributed by atoms with Crippen LogP contribution in [0.25, 0.3) is 0 Å². The predicted octanol–water partition coefficient (Wildman–Crippen LogP) is 3.37. The van der Waals surface area contributed by atoms with Gasteiger partial charge in [-0.1, -0.05) is 15.9 Å². The Labute approximate surface area is 175 Å². The minimum Gasteiger partial charge on any atom is -0.497 e. The summed E-state index contributed by atoms with van der Waals surface area (Å²) < 4.78 is 33.6. The van der Waals surface area contributed by atoms with Crippen LogP contribution in [0.1, 0.15) is 10.4 Å². The van der Waals surface area contributed by atoms with Crippen LogP contribution < -0.4 is 4.74 Å². The Morgan fingerprint density at radius 1 is 1.00 bits per heavy atom. The molecular weight excluding hydrogens is 500 g/mol. The minimum atomic E-state index is -3.57. The monoisotopic (exact) mass is 516 g/mol. The lowest BCUT2D eigenvalue weighted by Gasteiger charge is -2.34. The molecule has 1 aliphatic rings. The van der Waals surface area contributed by atoms with Gasteiger partial charge in [-0.2, -0.15) is 4.31 Å². The van der Waals surface area contributed by atoms with E-state index in [4.69, 9.17) is 4.74 Å². The van der Waals surface area contributed by atoms with Crippen LogP contribution in [0, 0.1) is 0 Å². The Bertz CT molecular complexity index is 940. The molecular formula is C18H18Br2N2O4S. The molecule has 3 rings (SSSR count). The van der Waals surface area contributed by atoms with Gasteiger partial charge in [0.25, 0.3) is 5.91 Å². The summed E-state index contributed by atoms with van der Waals surface area (Å²) in [6.07, 6.45) is 0. The molecule has 0 aromatic heterocycles. The molecule has 1 fully saturated rings. The number of hydrogen-bond donors (Lipinski definition) is 0. The van der Waals surface area contributed by atoms with Crippen LogP contribution in [0.2, 0.25) is 0 Å². The first-order chi connectivity index (χ1) is 12.8. The fourth-order valence-corrected chi connectivity index (χ4v) is 4.96. The van der Waals surface area contributed by atoms with Gasteiger partial charge >= 0.3 is 0 Å². The number of ether oxygens (including phenoxy) is 1. The molecule has 0 saturated carbocycles. The fraction of sp³-hybridized carbons (Fsp3) is 0.278. The molecule has 0 N–H and O–H groups in total. The van der Waals surface area contributed by atoms with Gasteiger partial charge < -0.3 is 9.64 Å². The molecule has 0 aliphatic carbocycles. The van der Waals surface area contributed by atoms with Crippen LogP contribution in [0.3, 0.4) is 0 Å². The maximum Gasteiger partial charge on any atom is 0.255 e. The van der Waals surface area contributed by atoms with E-state index in [-0.39, 0.29) is 23.9 Å². The topological polar surface area (TPSA) is 66.9 Å². The van der Waals surface area contributed by atoms with Crippen LogP contribution in [-0.2, 0) is 10.0 Å². The Morgan fingerprint density at radius 3 is 2.22 bits per heavy atom. The normalized spacial score (nSPS) is 15.6. The minimum absolute atomic E-state index is 0.151. The van der Waals surface area contributed by atoms with E-state index < -0.39 is 10.0 Å². The Balaban J connectivity index is 1.71. The summed E-state index contributed by atoms with van der Waals surface area (Å²) in [4.78, 5) is 14.7. The number of amides is 1. The van der Waals surface area contributed by atoms with Crippen LogP contribution in [0.15, 0.2) is 56.3 Å². The summed E-state index contributed by atoms with van der Waals surface area (Å²) in [5.74, 6) is 0.444. The zero-order valence-corrected chi connectivity index (χ0v) is 18.5. The number of carbonyl (C=O) groups is 1. The van der Waals surface area contributed by atoms with Gasteiger partial charge in [0.1, 0.15) is 5.75 Å². The summed E-state index contributed by atoms with van der Waals surface area (Å²) >= 11 is 6.70. The summed E-state index contributed by atoms with van der Waals surface area (Å²) in [7, 11) is -2.02. The largest absolute Gasteiger partial charge is 0.497 e. The van der Waals surface area contributed by atoms with Gasteiger partial charge in [0.05, 0.1) is 17.6 Å². The van der Waals surface area contributed by atoms with Crippen molar-refractivity contribution < 1.29 is 17.9 Å². The van der Waals surface area contributed by atoms with Gasteiger partial charge in [0.15, 0.2) is 0 Å². The zero-order chi connectivity index (χ0) is 19.6. The van der Waals surface area contributed by atoms with Crippen molar-refractivity contribution >= 4 is 47.8 Å². The number of nitrogens with zero attached hydrogens (tertiary/aromatic N) is 2. The van der Waals surface area contributed by atoms with E-state index in [1.165, 1.54) is 4.31 Å². The lowest BCUT2D eigenvalue weighted by atomic mass is 10.1. The highest BCUT2D eigenvalue weighted by atomic mass is 79.9. The molecule has 0 atom stereocenters. The van der Waals surface area contributed by atoms with E-state index in [9.17, 15) is 13.2 Å². The number of sulfonamides is 1. The number of benzene rings is 2. The molecule has 1 saturated heterocycles. The molecule has 27 heavy (non-hydrogen) atoms. The van der Waals surface area contributed by atoms with Gasteiger partial charge in [-0.3, -0.25) is 4.79 Å². The number of rotatable bonds is 4. The highest BCUT2D eigenvalue weighted by Gasteiger charge is 2.31. The zero-order valence-electron chi connectivity index (χ0n) is 14.6. The van der Waals surface area contributed by atoms with E-state index in [1.807, 2.05) is 0 Å². The molecule has 0 radical (unpaired) electrons. The molecule has 6 nitrogen and oxygen atoms in total. The van der Waals surface area contributed by atoms with Crippen LogP contribution in [0.5, 0.6) is 5.75 Å². The van der Waals surface area contributed by atoms with E-state index in [0.29, 0.717) is 28.9 Å². The maximum absolute atomic E-state index is 12.8. The van der Waals surface area contributed by atoms with Crippen molar-refractivity contribution in [2.75, 3.05) is 33.3 Å². The fourth-order valence-electron chi connectivity index (χ4n) is 2.85. The third kappa shape index (κ3) is 4.37. The van der Waals surface area contributed by atoms with Crippen LogP contribution >= 0.6 is 31.9 Å². The van der Waals surface area contributed by atoms with Crippen molar-refractivity contribution in [1.82, 2.24) is 9.21 Å². The smallest absolute Gasteiger partial charge is 0.255 e. The average molecular weight is 518 g/mol. The van der Waals surface area contributed by atoms with Crippen molar-refractivity contribution in [2.45, 2.75) is 4.90 Å². The second-order valence-electron chi connectivity index (χ2n) is 6.00. The molecule has 1 aliphatic heterocycles. The Hall–Kier alpha value is -1.42. The predicted molar refractivity (Wildman–Crippen MR) is 109 cm³/mol. The van der Waals surface area contributed by atoms with Crippen molar-refractivity contribution in [3.63, 3.8) is 0 Å². The van der Waals surface area contributed by atoms with Crippen LogP contribution in [-0.4, -0.2) is 56.8 Å². The standard InChI is InChI=1S/C18H18Br2N2O4S/c1-26-14-4-7-17(20)16(12-14)18(23)21-8-10-22(11-9-21)27(24,25)15-5-2-13(19)3-6-15/h2-7,12H,8-11H2,1H3. The molecule has 2 aromatic rings. The Morgan fingerprint density at radius 2 is 1.63 bits per heavy atom. The van der Waals surface area contributed by atoms with Crippen LogP contribution in [0.4, 0.5) is 0 Å². The van der Waals surface area contributed by atoms with Gasteiger partial charge in [0, 0.05) is 35.1 Å². The lowest BCUT2D eigenvalue weighted by Crippen LogP contribution is -2.50. The van der Waals surface area contributed by atoms with Gasteiger partial charge in [-0.05, 0) is 58.4 Å². The van der Waals surface area contributed by atoms with E-state index in [1.54, 1.807) is 54.5 Å². The summed E-state index contributed by atoms with van der Waals surface area (Å²) in [6, 6.07) is 11.8. The van der Waals surface area contributed by atoms with Gasteiger partial charge in [-0.25, -0.2) is 8.42 Å². The first-order valence-corrected chi connectivity index (χ1v) is 11.2. The molecule has 144 valence electrons. The van der Waals surface area contributed by atoms with Gasteiger partial charge in [-0.15, -0.1) is 0 Å². The van der Waals surface area contributed by atoms with E-state index in [2.05, 4.69) is 31.9 Å². The van der Waals surface area contributed by atoms with E-state index >= 15 is 0 Å². The first-order valence-electron chi connectivity index (χ1n) is 8.21. The van der Waals surface area contributed by atoms with Crippen molar-refractivity contribution in [1.29, 1.82) is 0 Å². The molecule has 0 bridgehead atoms. The lowest BCUT2D eigenvalue weighted by molar-refractivity contribution is 0.0696. The number of halogens is 2. The summed E-state index contributed by atoms with van der Waals surface area (Å²) in [5.41, 5.74) is 0.499. The molecule has 0 unspecified atom stereocenters. The first kappa shape index (κ1) is 20.3. The third-order valence-corrected chi connectivity index (χ3v) is 7.51. The van der Waals surface area contributed by atoms with Gasteiger partial charge in [0.2, 0.25) is 10.0 Å². The quantitative estimate of drug-likeness (QED) is 0.623. The molecule has 1 amide bonds. The second-order valence-corrected chi connectivity index (χ2v) is 9.70. The second kappa shape index (κ2) is 8.30. The van der Waals surface area contributed by atoms with E-state index in [0.717, 1.165) is 4.47 Å². The average Bonchev–Trinajstić information content (AvgIpc) is 2.68. The summed E-state index contributed by atoms with van der Waals surface area (Å²) in [5, 5.41) is 0. The maximum atomic E-state index is 12.8. The molecule has 2 aromatic carbocycles. The third-order valence-electron chi connectivity index (χ3n) is 4.38. The summed E-state index contributed by atoms with van der Waals surface area (Å²) in [6.45, 7) is 1.17. The molecule has 0 spiro atoms. The number of hydrogen-bond acceptors (Lipinski definition) is 4. The van der Waals surface area contributed by atoms with Crippen molar-refractivity contribution in [2.24, 2.45) is 0 Å². The highest BCUT2D eigenvalue weighted by molar-refractivity contribution is 9.10. The molecule has 9 heteroatoms. The number of piperazine rings is 1. The number of carbonyl (C=O) groups excluding carboxylic acids is 1. The SMILES string of the molecule is COc1ccc(Br)c(C(=O)N2CCN(S(=O)(=O)c3ccc(Br)cc3)CC2)c1. The Kier molecular flexibility index (Phi) is 6.25. The van der Waals surface area contributed by atoms with Crippen molar-refractivity contribution in [3.05, 3.63) is 57.0 Å².